The predicted octanol–water partition coefficient (Wildman–Crippen LogP) is 3.28. The smallest absolute Gasteiger partial charge is 0.261 e. The van der Waals surface area contributed by atoms with Crippen molar-refractivity contribution in [2.24, 2.45) is 0 Å². The Labute approximate surface area is 113 Å². The molecule has 0 aliphatic rings. The van der Waals surface area contributed by atoms with Crippen molar-refractivity contribution < 1.29 is 9.53 Å². The quantitative estimate of drug-likeness (QED) is 0.842. The molecule has 19 heavy (non-hydrogen) atoms. The van der Waals surface area contributed by atoms with E-state index in [2.05, 4.69) is 0 Å². The third-order valence-electron chi connectivity index (χ3n) is 3.03. The van der Waals surface area contributed by atoms with Crippen molar-refractivity contribution in [2.45, 2.75) is 6.92 Å². The minimum Gasteiger partial charge on any atom is -0.496 e. The van der Waals surface area contributed by atoms with Crippen LogP contribution in [0.3, 0.4) is 0 Å². The lowest BCUT2D eigenvalue weighted by molar-refractivity contribution is 0.0990. The first-order valence-corrected chi connectivity index (χ1v) is 6.11. The van der Waals surface area contributed by atoms with Gasteiger partial charge in [-0.05, 0) is 31.2 Å². The van der Waals surface area contributed by atoms with Crippen molar-refractivity contribution in [2.75, 3.05) is 19.1 Å². The van der Waals surface area contributed by atoms with E-state index < -0.39 is 0 Å². The predicted molar refractivity (Wildman–Crippen MR) is 76.9 cm³/mol. The highest BCUT2D eigenvalue weighted by Crippen LogP contribution is 2.23. The first-order valence-electron chi connectivity index (χ1n) is 6.11. The number of anilines is 1. The van der Waals surface area contributed by atoms with Gasteiger partial charge in [-0.2, -0.15) is 0 Å². The molecule has 0 bridgehead atoms. The molecule has 2 rings (SSSR count). The van der Waals surface area contributed by atoms with E-state index in [1.165, 1.54) is 0 Å². The molecule has 0 saturated heterocycles. The Hall–Kier alpha value is -2.29. The largest absolute Gasteiger partial charge is 0.496 e. The van der Waals surface area contributed by atoms with Gasteiger partial charge in [-0.15, -0.1) is 0 Å². The molecule has 0 radical (unpaired) electrons. The molecular formula is C16H17NO2. The second-order valence-electron chi connectivity index (χ2n) is 4.40. The number of aryl methyl sites for hydroxylation is 1. The molecule has 0 aliphatic carbocycles. The fraction of sp³-hybridized carbons (Fsp3) is 0.188. The maximum atomic E-state index is 12.5. The Morgan fingerprint density at radius 1 is 1.11 bits per heavy atom. The van der Waals surface area contributed by atoms with Crippen LogP contribution in [0, 0.1) is 6.92 Å². The van der Waals surface area contributed by atoms with Gasteiger partial charge in [-0.3, -0.25) is 4.79 Å². The van der Waals surface area contributed by atoms with Gasteiger partial charge in [0.1, 0.15) is 5.75 Å². The maximum Gasteiger partial charge on any atom is 0.261 e. The fourth-order valence-corrected chi connectivity index (χ4v) is 1.94. The molecule has 0 heterocycles. The average Bonchev–Trinajstić information content (AvgIpc) is 2.46. The lowest BCUT2D eigenvalue weighted by atomic mass is 10.1. The van der Waals surface area contributed by atoms with E-state index in [0.29, 0.717) is 11.3 Å². The van der Waals surface area contributed by atoms with Gasteiger partial charge < -0.3 is 9.64 Å². The summed E-state index contributed by atoms with van der Waals surface area (Å²) in [7, 11) is 3.34. The molecule has 3 heteroatoms. The zero-order valence-corrected chi connectivity index (χ0v) is 11.4. The Morgan fingerprint density at radius 3 is 2.42 bits per heavy atom. The molecule has 0 fully saturated rings. The average molecular weight is 255 g/mol. The highest BCUT2D eigenvalue weighted by molar-refractivity contribution is 6.07. The number of amides is 1. The second kappa shape index (κ2) is 5.57. The summed E-state index contributed by atoms with van der Waals surface area (Å²) >= 11 is 0. The summed E-state index contributed by atoms with van der Waals surface area (Å²) in [5.41, 5.74) is 2.47. The molecule has 0 aliphatic heterocycles. The van der Waals surface area contributed by atoms with Gasteiger partial charge in [0.05, 0.1) is 12.7 Å². The van der Waals surface area contributed by atoms with Crippen LogP contribution in [-0.2, 0) is 0 Å². The molecule has 3 nitrogen and oxygen atoms in total. The number of carbonyl (C=O) groups is 1. The lowest BCUT2D eigenvalue weighted by Crippen LogP contribution is -2.26. The third-order valence-corrected chi connectivity index (χ3v) is 3.03. The number of ether oxygens (including phenoxy) is 1. The number of rotatable bonds is 3. The van der Waals surface area contributed by atoms with E-state index in [1.54, 1.807) is 19.1 Å². The Bertz CT molecular complexity index is 579. The van der Waals surface area contributed by atoms with E-state index in [4.69, 9.17) is 4.74 Å². The molecule has 0 atom stereocenters. The number of para-hydroxylation sites is 1. The monoisotopic (exact) mass is 255 g/mol. The fourth-order valence-electron chi connectivity index (χ4n) is 1.94. The number of hydrogen-bond acceptors (Lipinski definition) is 2. The van der Waals surface area contributed by atoms with Crippen molar-refractivity contribution in [3.8, 4) is 5.75 Å². The van der Waals surface area contributed by atoms with Crippen molar-refractivity contribution in [3.05, 3.63) is 59.7 Å². The van der Waals surface area contributed by atoms with Crippen LogP contribution in [0.5, 0.6) is 5.75 Å². The van der Waals surface area contributed by atoms with Gasteiger partial charge in [0.2, 0.25) is 0 Å². The van der Waals surface area contributed by atoms with E-state index >= 15 is 0 Å². The summed E-state index contributed by atoms with van der Waals surface area (Å²) in [6, 6.07) is 15.1. The molecule has 2 aromatic carbocycles. The van der Waals surface area contributed by atoms with Gasteiger partial charge in [0, 0.05) is 12.7 Å². The van der Waals surface area contributed by atoms with Crippen LogP contribution >= 0.6 is 0 Å². The highest BCUT2D eigenvalue weighted by atomic mass is 16.5. The van der Waals surface area contributed by atoms with Crippen LogP contribution in [0.2, 0.25) is 0 Å². The Morgan fingerprint density at radius 2 is 1.79 bits per heavy atom. The molecule has 2 aromatic rings. The summed E-state index contributed by atoms with van der Waals surface area (Å²) in [5.74, 6) is 0.519. The molecular weight excluding hydrogens is 238 g/mol. The molecule has 0 N–H and O–H groups in total. The van der Waals surface area contributed by atoms with Crippen molar-refractivity contribution in [3.63, 3.8) is 0 Å². The number of nitrogens with zero attached hydrogens (tertiary/aromatic N) is 1. The van der Waals surface area contributed by atoms with Crippen LogP contribution in [0.15, 0.2) is 48.5 Å². The highest BCUT2D eigenvalue weighted by Gasteiger charge is 2.17. The van der Waals surface area contributed by atoms with Gasteiger partial charge in [-0.25, -0.2) is 0 Å². The summed E-state index contributed by atoms with van der Waals surface area (Å²) in [4.78, 5) is 14.1. The molecule has 0 saturated carbocycles. The summed E-state index contributed by atoms with van der Waals surface area (Å²) in [5, 5.41) is 0. The van der Waals surface area contributed by atoms with Gasteiger partial charge in [-0.1, -0.05) is 29.8 Å². The Kier molecular flexibility index (Phi) is 3.85. The van der Waals surface area contributed by atoms with Crippen LogP contribution in [0.4, 0.5) is 5.69 Å². The maximum absolute atomic E-state index is 12.5. The van der Waals surface area contributed by atoms with E-state index in [-0.39, 0.29) is 5.91 Å². The van der Waals surface area contributed by atoms with Crippen LogP contribution in [-0.4, -0.2) is 20.1 Å². The third kappa shape index (κ3) is 2.76. The summed E-state index contributed by atoms with van der Waals surface area (Å²) < 4.78 is 5.26. The van der Waals surface area contributed by atoms with Crippen molar-refractivity contribution in [1.29, 1.82) is 0 Å². The molecule has 0 spiro atoms. The number of benzene rings is 2. The molecule has 0 unspecified atom stereocenters. The van der Waals surface area contributed by atoms with Crippen LogP contribution in [0.25, 0.3) is 0 Å². The van der Waals surface area contributed by atoms with Crippen molar-refractivity contribution >= 4 is 11.6 Å². The van der Waals surface area contributed by atoms with E-state index in [9.17, 15) is 4.79 Å². The molecule has 98 valence electrons. The van der Waals surface area contributed by atoms with E-state index in [0.717, 1.165) is 11.3 Å². The lowest BCUT2D eigenvalue weighted by Gasteiger charge is -2.19. The van der Waals surface area contributed by atoms with Crippen molar-refractivity contribution in [1.82, 2.24) is 0 Å². The molecule has 1 amide bonds. The first-order chi connectivity index (χ1) is 9.13. The number of methoxy groups -OCH3 is 1. The van der Waals surface area contributed by atoms with Crippen LogP contribution < -0.4 is 9.64 Å². The zero-order valence-electron chi connectivity index (χ0n) is 11.4. The van der Waals surface area contributed by atoms with Gasteiger partial charge in [0.25, 0.3) is 5.91 Å². The summed E-state index contributed by atoms with van der Waals surface area (Å²) in [6.45, 7) is 1.96. The number of carbonyl (C=O) groups excluding carboxylic acids is 1. The summed E-state index contributed by atoms with van der Waals surface area (Å²) in [6.07, 6.45) is 0. The molecule has 0 aromatic heterocycles. The SMILES string of the molecule is COc1ccc(C)cc1C(=O)N(C)c1ccccc1. The topological polar surface area (TPSA) is 29.5 Å². The number of hydrogen-bond donors (Lipinski definition) is 0. The van der Waals surface area contributed by atoms with E-state index in [1.807, 2.05) is 55.5 Å². The second-order valence-corrected chi connectivity index (χ2v) is 4.40. The van der Waals surface area contributed by atoms with Gasteiger partial charge in [0.15, 0.2) is 0 Å². The Balaban J connectivity index is 2.37. The first kappa shape index (κ1) is 13.1. The van der Waals surface area contributed by atoms with Gasteiger partial charge >= 0.3 is 0 Å². The minimum atomic E-state index is -0.0771. The standard InChI is InChI=1S/C16H17NO2/c1-12-9-10-15(19-3)14(11-12)16(18)17(2)13-7-5-4-6-8-13/h4-11H,1-3H3. The van der Waals surface area contributed by atoms with Crippen LogP contribution in [0.1, 0.15) is 15.9 Å². The zero-order chi connectivity index (χ0) is 13.8. The minimum absolute atomic E-state index is 0.0771. The normalized spacial score (nSPS) is 10.1.